The lowest BCUT2D eigenvalue weighted by molar-refractivity contribution is 0.0526. The van der Waals surface area contributed by atoms with E-state index in [1.54, 1.807) is 37.5 Å². The molecule has 29 heavy (non-hydrogen) atoms. The number of rotatable bonds is 5. The number of aryl methyl sites for hydroxylation is 1. The van der Waals surface area contributed by atoms with E-state index in [1.165, 1.54) is 11.3 Å². The number of nitrogens with one attached hydrogen (secondary N) is 1. The number of anilines is 2. The molecule has 0 aliphatic carbocycles. The molecule has 1 aliphatic rings. The van der Waals surface area contributed by atoms with Crippen LogP contribution in [-0.2, 0) is 4.74 Å². The maximum atomic E-state index is 13.1. The molecule has 0 bridgehead atoms. The van der Waals surface area contributed by atoms with Gasteiger partial charge in [0.2, 0.25) is 0 Å². The number of carbonyl (C=O) groups is 2. The molecule has 0 radical (unpaired) electrons. The van der Waals surface area contributed by atoms with E-state index in [4.69, 9.17) is 4.74 Å². The van der Waals surface area contributed by atoms with Gasteiger partial charge in [0.05, 0.1) is 23.1 Å². The molecule has 3 heterocycles. The van der Waals surface area contributed by atoms with Gasteiger partial charge >= 0.3 is 5.97 Å². The second-order valence-corrected chi connectivity index (χ2v) is 8.06. The Morgan fingerprint density at radius 2 is 1.90 bits per heavy atom. The molecule has 1 N–H and O–H groups in total. The van der Waals surface area contributed by atoms with Crippen LogP contribution < -0.4 is 10.2 Å². The number of amides is 1. The number of nitrogens with zero attached hydrogens (tertiary/aromatic N) is 3. The van der Waals surface area contributed by atoms with Crippen LogP contribution in [0, 0.1) is 6.92 Å². The Labute approximate surface area is 172 Å². The predicted molar refractivity (Wildman–Crippen MR) is 114 cm³/mol. The molecule has 1 aliphatic heterocycles. The summed E-state index contributed by atoms with van der Waals surface area (Å²) in [6, 6.07) is 6.69. The Hall–Kier alpha value is -3.00. The zero-order valence-corrected chi connectivity index (χ0v) is 17.2. The molecule has 1 aromatic carbocycles. The molecule has 0 spiro atoms. The fourth-order valence-corrected chi connectivity index (χ4v) is 4.55. The van der Waals surface area contributed by atoms with E-state index in [1.807, 2.05) is 6.92 Å². The first kappa shape index (κ1) is 19.3. The Bertz CT molecular complexity index is 1060. The average Bonchev–Trinajstić information content (AvgIpc) is 3.35. The van der Waals surface area contributed by atoms with E-state index in [9.17, 15) is 9.59 Å². The summed E-state index contributed by atoms with van der Waals surface area (Å²) in [4.78, 5) is 37.7. The minimum Gasteiger partial charge on any atom is -0.462 e. The van der Waals surface area contributed by atoms with Crippen molar-refractivity contribution in [1.82, 2.24) is 9.97 Å². The molecule has 0 atom stereocenters. The van der Waals surface area contributed by atoms with Crippen molar-refractivity contribution >= 4 is 44.9 Å². The van der Waals surface area contributed by atoms with E-state index < -0.39 is 0 Å². The summed E-state index contributed by atoms with van der Waals surface area (Å²) in [5, 5.41) is 3.75. The number of ether oxygens (including phenoxy) is 1. The predicted octanol–water partition coefficient (Wildman–Crippen LogP) is 4.03. The number of hydrogen-bond donors (Lipinski definition) is 1. The summed E-state index contributed by atoms with van der Waals surface area (Å²) >= 11 is 1.50. The minimum atomic E-state index is -0.377. The Morgan fingerprint density at radius 1 is 1.17 bits per heavy atom. The Balaban J connectivity index is 1.63. The third-order valence-corrected chi connectivity index (χ3v) is 5.94. The molecule has 150 valence electrons. The smallest absolute Gasteiger partial charge is 0.338 e. The van der Waals surface area contributed by atoms with Crippen molar-refractivity contribution in [1.29, 1.82) is 0 Å². The maximum absolute atomic E-state index is 13.1. The maximum Gasteiger partial charge on any atom is 0.338 e. The van der Waals surface area contributed by atoms with Crippen LogP contribution in [0.1, 0.15) is 45.4 Å². The van der Waals surface area contributed by atoms with Gasteiger partial charge in [-0.25, -0.2) is 14.8 Å². The number of hydrogen-bond acceptors (Lipinski definition) is 7. The van der Waals surface area contributed by atoms with Gasteiger partial charge in [-0.1, -0.05) is 0 Å². The van der Waals surface area contributed by atoms with Crippen LogP contribution in [-0.4, -0.2) is 41.5 Å². The topological polar surface area (TPSA) is 84.4 Å². The van der Waals surface area contributed by atoms with Gasteiger partial charge in [-0.15, -0.1) is 11.3 Å². The van der Waals surface area contributed by atoms with Crippen LogP contribution >= 0.6 is 11.3 Å². The van der Waals surface area contributed by atoms with Crippen molar-refractivity contribution in [2.24, 2.45) is 0 Å². The first-order valence-electron chi connectivity index (χ1n) is 9.66. The van der Waals surface area contributed by atoms with Gasteiger partial charge in [-0.3, -0.25) is 4.79 Å². The number of carbonyl (C=O) groups excluding carboxylic acids is 2. The second-order valence-electron chi connectivity index (χ2n) is 6.86. The van der Waals surface area contributed by atoms with Crippen LogP contribution in [0.15, 0.2) is 30.6 Å². The van der Waals surface area contributed by atoms with E-state index in [0.29, 0.717) is 23.4 Å². The second kappa shape index (κ2) is 8.16. The molecule has 1 saturated heterocycles. The van der Waals surface area contributed by atoms with Crippen LogP contribution in [0.2, 0.25) is 0 Å². The zero-order valence-electron chi connectivity index (χ0n) is 16.4. The summed E-state index contributed by atoms with van der Waals surface area (Å²) in [6.07, 6.45) is 3.83. The van der Waals surface area contributed by atoms with E-state index in [0.717, 1.165) is 46.8 Å². The largest absolute Gasteiger partial charge is 0.462 e. The molecule has 1 fully saturated rings. The fraction of sp³-hybridized carbons (Fsp3) is 0.333. The summed E-state index contributed by atoms with van der Waals surface area (Å²) < 4.78 is 4.99. The van der Waals surface area contributed by atoms with Crippen LogP contribution in [0.25, 0.3) is 10.2 Å². The molecular weight excluding hydrogens is 388 g/mol. The summed E-state index contributed by atoms with van der Waals surface area (Å²) in [5.41, 5.74) is 1.68. The zero-order chi connectivity index (χ0) is 20.4. The minimum absolute atomic E-state index is 0.201. The normalized spacial score (nSPS) is 13.7. The number of thiophene rings is 1. The Kier molecular flexibility index (Phi) is 5.44. The van der Waals surface area contributed by atoms with E-state index in [2.05, 4.69) is 20.2 Å². The lowest BCUT2D eigenvalue weighted by atomic mass is 10.1. The first-order chi connectivity index (χ1) is 14.1. The quantitative estimate of drug-likeness (QED) is 0.640. The number of fused-ring (bicyclic) bond motifs is 1. The SMILES string of the molecule is CCOC(=O)c1ccc(NC(=O)c2c(C)sc3ncnc(N4CCCC4)c23)cc1. The van der Waals surface area contributed by atoms with Crippen molar-refractivity contribution < 1.29 is 14.3 Å². The third kappa shape index (κ3) is 3.80. The van der Waals surface area contributed by atoms with Crippen molar-refractivity contribution in [3.05, 3.63) is 46.6 Å². The highest BCUT2D eigenvalue weighted by molar-refractivity contribution is 7.19. The molecule has 8 heteroatoms. The van der Waals surface area contributed by atoms with Gasteiger partial charge in [0, 0.05) is 23.7 Å². The molecule has 0 saturated carbocycles. The van der Waals surface area contributed by atoms with Crippen molar-refractivity contribution in [2.75, 3.05) is 29.9 Å². The molecule has 7 nitrogen and oxygen atoms in total. The van der Waals surface area contributed by atoms with Crippen molar-refractivity contribution in [3.63, 3.8) is 0 Å². The molecular formula is C21H22N4O3S. The van der Waals surface area contributed by atoms with Crippen LogP contribution in [0.5, 0.6) is 0 Å². The van der Waals surface area contributed by atoms with Crippen LogP contribution in [0.4, 0.5) is 11.5 Å². The highest BCUT2D eigenvalue weighted by atomic mass is 32.1. The molecule has 2 aromatic heterocycles. The average molecular weight is 410 g/mol. The molecule has 3 aromatic rings. The third-order valence-electron chi connectivity index (χ3n) is 4.93. The monoisotopic (exact) mass is 410 g/mol. The summed E-state index contributed by atoms with van der Waals surface area (Å²) in [6.45, 7) is 5.90. The molecule has 4 rings (SSSR count). The summed E-state index contributed by atoms with van der Waals surface area (Å²) in [7, 11) is 0. The number of aromatic nitrogens is 2. The number of esters is 1. The highest BCUT2D eigenvalue weighted by Gasteiger charge is 2.25. The fourth-order valence-electron chi connectivity index (χ4n) is 3.57. The van der Waals surface area contributed by atoms with Crippen LogP contribution in [0.3, 0.4) is 0 Å². The standard InChI is InChI=1S/C21H22N4O3S/c1-3-28-21(27)14-6-8-15(9-7-14)24-19(26)16-13(2)29-20-17(16)18(22-12-23-20)25-10-4-5-11-25/h6-9,12H,3-5,10-11H2,1-2H3,(H,24,26). The van der Waals surface area contributed by atoms with Gasteiger partial charge < -0.3 is 15.0 Å². The van der Waals surface area contributed by atoms with Crippen molar-refractivity contribution in [2.45, 2.75) is 26.7 Å². The first-order valence-corrected chi connectivity index (χ1v) is 10.5. The summed E-state index contributed by atoms with van der Waals surface area (Å²) in [5.74, 6) is 0.255. The van der Waals surface area contributed by atoms with E-state index in [-0.39, 0.29) is 11.9 Å². The van der Waals surface area contributed by atoms with Gasteiger partial charge in [0.25, 0.3) is 5.91 Å². The lowest BCUT2D eigenvalue weighted by Gasteiger charge is -2.17. The van der Waals surface area contributed by atoms with Gasteiger partial charge in [-0.05, 0) is 51.0 Å². The molecule has 0 unspecified atom stereocenters. The van der Waals surface area contributed by atoms with E-state index >= 15 is 0 Å². The Morgan fingerprint density at radius 3 is 2.59 bits per heavy atom. The lowest BCUT2D eigenvalue weighted by Crippen LogP contribution is -2.20. The van der Waals surface area contributed by atoms with Gasteiger partial charge in [0.15, 0.2) is 0 Å². The molecule has 1 amide bonds. The highest BCUT2D eigenvalue weighted by Crippen LogP contribution is 2.36. The van der Waals surface area contributed by atoms with Crippen molar-refractivity contribution in [3.8, 4) is 0 Å². The van der Waals surface area contributed by atoms with Gasteiger partial charge in [-0.2, -0.15) is 0 Å². The number of benzene rings is 1. The van der Waals surface area contributed by atoms with Gasteiger partial charge in [0.1, 0.15) is 17.0 Å².